The molecular formula is C15H18O3S. The van der Waals surface area contributed by atoms with Crippen LogP contribution in [-0.4, -0.2) is 15.5 Å². The summed E-state index contributed by atoms with van der Waals surface area (Å²) < 4.78 is 29.4. The lowest BCUT2D eigenvalue weighted by Gasteiger charge is -2.05. The van der Waals surface area contributed by atoms with Crippen molar-refractivity contribution in [1.29, 1.82) is 0 Å². The maximum Gasteiger partial charge on any atom is 0.206 e. The molecule has 0 saturated carbocycles. The zero-order valence-corrected chi connectivity index (χ0v) is 12.1. The Kier molecular flexibility index (Phi) is 5.57. The van der Waals surface area contributed by atoms with Gasteiger partial charge in [0.15, 0.2) is 0 Å². The van der Waals surface area contributed by atoms with Gasteiger partial charge < -0.3 is 4.74 Å². The molecule has 0 amide bonds. The zero-order chi connectivity index (χ0) is 14.3. The molecule has 2 aromatic rings. The Labute approximate surface area is 114 Å². The highest BCUT2D eigenvalue weighted by atomic mass is 32.2. The van der Waals surface area contributed by atoms with Crippen molar-refractivity contribution in [2.75, 3.05) is 7.11 Å². The zero-order valence-electron chi connectivity index (χ0n) is 11.3. The van der Waals surface area contributed by atoms with E-state index >= 15 is 0 Å². The summed E-state index contributed by atoms with van der Waals surface area (Å²) in [6.07, 6.45) is 0. The fourth-order valence-corrected chi connectivity index (χ4v) is 2.77. The lowest BCUT2D eigenvalue weighted by Crippen LogP contribution is -2.01. The molecule has 0 unspecified atom stereocenters. The molecule has 19 heavy (non-hydrogen) atoms. The Morgan fingerprint density at radius 3 is 1.74 bits per heavy atom. The summed E-state index contributed by atoms with van der Waals surface area (Å²) in [5.74, 6) is 0.636. The van der Waals surface area contributed by atoms with Gasteiger partial charge in [0.1, 0.15) is 5.75 Å². The van der Waals surface area contributed by atoms with Gasteiger partial charge in [-0.2, -0.15) is 0 Å². The number of hydrogen-bond acceptors (Lipinski definition) is 3. The minimum atomic E-state index is -3.42. The maximum absolute atomic E-state index is 12.2. The molecule has 0 aliphatic heterocycles. The van der Waals surface area contributed by atoms with Gasteiger partial charge in [0, 0.05) is 0 Å². The van der Waals surface area contributed by atoms with Crippen LogP contribution in [0, 0.1) is 0 Å². The Hall–Kier alpha value is -1.81. The molecule has 0 aromatic heterocycles. The molecule has 0 N–H and O–H groups in total. The fourth-order valence-electron chi connectivity index (χ4n) is 1.49. The van der Waals surface area contributed by atoms with Crippen molar-refractivity contribution in [3.05, 3.63) is 54.6 Å². The topological polar surface area (TPSA) is 43.4 Å². The third-order valence-corrected chi connectivity index (χ3v) is 4.21. The molecule has 4 heteroatoms. The second kappa shape index (κ2) is 6.95. The van der Waals surface area contributed by atoms with E-state index in [0.717, 1.165) is 0 Å². The van der Waals surface area contributed by atoms with Crippen LogP contribution in [0.2, 0.25) is 0 Å². The number of rotatable bonds is 3. The summed E-state index contributed by atoms with van der Waals surface area (Å²) in [6.45, 7) is 4.00. The standard InChI is InChI=1S/C13H12O3S.C2H6/c1-16-11-7-9-13(10-8-11)17(14,15)12-5-3-2-4-6-12;1-2/h2-10H,1H3;1-2H3. The molecule has 0 atom stereocenters. The molecule has 3 nitrogen and oxygen atoms in total. The van der Waals surface area contributed by atoms with Crippen LogP contribution in [0.25, 0.3) is 0 Å². The van der Waals surface area contributed by atoms with E-state index in [2.05, 4.69) is 0 Å². The number of ether oxygens (including phenoxy) is 1. The average molecular weight is 278 g/mol. The molecule has 0 fully saturated rings. The predicted octanol–water partition coefficient (Wildman–Crippen LogP) is 3.55. The van der Waals surface area contributed by atoms with Crippen LogP contribution in [0.1, 0.15) is 13.8 Å². The van der Waals surface area contributed by atoms with E-state index < -0.39 is 9.84 Å². The van der Waals surface area contributed by atoms with Crippen molar-refractivity contribution >= 4 is 9.84 Å². The van der Waals surface area contributed by atoms with Crippen molar-refractivity contribution in [2.45, 2.75) is 23.6 Å². The molecule has 0 saturated heterocycles. The summed E-state index contributed by atoms with van der Waals surface area (Å²) in [5, 5.41) is 0. The smallest absolute Gasteiger partial charge is 0.206 e. The van der Waals surface area contributed by atoms with E-state index in [-0.39, 0.29) is 4.90 Å². The third-order valence-electron chi connectivity index (χ3n) is 2.42. The van der Waals surface area contributed by atoms with Gasteiger partial charge in [-0.3, -0.25) is 0 Å². The van der Waals surface area contributed by atoms with Crippen molar-refractivity contribution in [2.24, 2.45) is 0 Å². The summed E-state index contributed by atoms with van der Waals surface area (Å²) >= 11 is 0. The molecule has 0 spiro atoms. The van der Waals surface area contributed by atoms with Gasteiger partial charge in [-0.1, -0.05) is 32.0 Å². The number of sulfone groups is 1. The van der Waals surface area contributed by atoms with Crippen molar-refractivity contribution in [3.63, 3.8) is 0 Å². The van der Waals surface area contributed by atoms with E-state index in [1.807, 2.05) is 13.8 Å². The van der Waals surface area contributed by atoms with E-state index in [1.165, 1.54) is 0 Å². The Bertz CT molecular complexity index is 587. The van der Waals surface area contributed by atoms with Crippen LogP contribution < -0.4 is 4.74 Å². The highest BCUT2D eigenvalue weighted by Crippen LogP contribution is 2.22. The number of benzene rings is 2. The normalized spacial score (nSPS) is 10.3. The minimum Gasteiger partial charge on any atom is -0.497 e. The SMILES string of the molecule is CC.COc1ccc(S(=O)(=O)c2ccccc2)cc1. The third kappa shape index (κ3) is 3.58. The molecule has 0 aliphatic rings. The molecule has 0 radical (unpaired) electrons. The fraction of sp³-hybridized carbons (Fsp3) is 0.200. The maximum atomic E-state index is 12.2. The van der Waals surface area contributed by atoms with E-state index in [1.54, 1.807) is 61.7 Å². The first-order chi connectivity index (χ1) is 9.14. The highest BCUT2D eigenvalue weighted by Gasteiger charge is 2.16. The van der Waals surface area contributed by atoms with Gasteiger partial charge in [0.05, 0.1) is 16.9 Å². The predicted molar refractivity (Wildman–Crippen MR) is 76.2 cm³/mol. The van der Waals surface area contributed by atoms with Gasteiger partial charge >= 0.3 is 0 Å². The van der Waals surface area contributed by atoms with Gasteiger partial charge in [0.2, 0.25) is 9.84 Å². The molecule has 0 bridgehead atoms. The van der Waals surface area contributed by atoms with Gasteiger partial charge in [-0.25, -0.2) is 8.42 Å². The first kappa shape index (κ1) is 15.2. The Morgan fingerprint density at radius 1 is 0.789 bits per heavy atom. The molecule has 2 aromatic carbocycles. The molecular weight excluding hydrogens is 260 g/mol. The van der Waals surface area contributed by atoms with Crippen molar-refractivity contribution in [1.82, 2.24) is 0 Å². The van der Waals surface area contributed by atoms with Crippen LogP contribution in [0.15, 0.2) is 64.4 Å². The minimum absolute atomic E-state index is 0.268. The van der Waals surface area contributed by atoms with Crippen molar-refractivity contribution in [3.8, 4) is 5.75 Å². The molecule has 2 rings (SSSR count). The monoisotopic (exact) mass is 278 g/mol. The number of hydrogen-bond donors (Lipinski definition) is 0. The summed E-state index contributed by atoms with van der Waals surface area (Å²) in [6, 6.07) is 14.7. The van der Waals surface area contributed by atoms with Crippen molar-refractivity contribution < 1.29 is 13.2 Å². The van der Waals surface area contributed by atoms with Crippen LogP contribution in [0.5, 0.6) is 5.75 Å². The molecule has 0 heterocycles. The second-order valence-corrected chi connectivity index (χ2v) is 5.44. The highest BCUT2D eigenvalue weighted by molar-refractivity contribution is 7.91. The van der Waals surface area contributed by atoms with Crippen LogP contribution in [0.4, 0.5) is 0 Å². The second-order valence-electron chi connectivity index (χ2n) is 3.49. The van der Waals surface area contributed by atoms with Gasteiger partial charge in [-0.15, -0.1) is 0 Å². The molecule has 102 valence electrons. The largest absolute Gasteiger partial charge is 0.497 e. The first-order valence-electron chi connectivity index (χ1n) is 6.09. The summed E-state index contributed by atoms with van der Waals surface area (Å²) in [4.78, 5) is 0.565. The Balaban J connectivity index is 0.000000861. The van der Waals surface area contributed by atoms with E-state index in [9.17, 15) is 8.42 Å². The van der Waals surface area contributed by atoms with Crippen LogP contribution in [-0.2, 0) is 9.84 Å². The lowest BCUT2D eigenvalue weighted by atomic mass is 10.3. The van der Waals surface area contributed by atoms with E-state index in [4.69, 9.17) is 4.74 Å². The summed E-state index contributed by atoms with van der Waals surface area (Å²) in [5.41, 5.74) is 0. The summed E-state index contributed by atoms with van der Waals surface area (Å²) in [7, 11) is -1.88. The molecule has 0 aliphatic carbocycles. The quantitative estimate of drug-likeness (QED) is 0.862. The lowest BCUT2D eigenvalue weighted by molar-refractivity contribution is 0.414. The van der Waals surface area contributed by atoms with E-state index in [0.29, 0.717) is 10.6 Å². The number of methoxy groups -OCH3 is 1. The Morgan fingerprint density at radius 2 is 1.26 bits per heavy atom. The van der Waals surface area contributed by atoms with Gasteiger partial charge in [0.25, 0.3) is 0 Å². The van der Waals surface area contributed by atoms with Gasteiger partial charge in [-0.05, 0) is 36.4 Å². The van der Waals surface area contributed by atoms with Crippen LogP contribution in [0.3, 0.4) is 0 Å². The first-order valence-corrected chi connectivity index (χ1v) is 7.57. The average Bonchev–Trinajstić information content (AvgIpc) is 2.50. The van der Waals surface area contributed by atoms with Crippen LogP contribution >= 0.6 is 0 Å².